The van der Waals surface area contributed by atoms with E-state index in [9.17, 15) is 4.79 Å². The van der Waals surface area contributed by atoms with Crippen molar-refractivity contribution in [3.63, 3.8) is 0 Å². The standard InChI is InChI=1S/C10H14O/c1-6-4-5-7-8(6)9(11)10(7,2)3/h4,7-8H,5H2,1-3H3/t7-,8+/m0/s1. The molecule has 0 heterocycles. The highest BCUT2D eigenvalue weighted by molar-refractivity contribution is 5.96. The molecule has 0 radical (unpaired) electrons. The molecule has 1 heteroatoms. The second-order valence-corrected chi connectivity index (χ2v) is 4.35. The van der Waals surface area contributed by atoms with E-state index in [2.05, 4.69) is 26.8 Å². The van der Waals surface area contributed by atoms with Crippen molar-refractivity contribution >= 4 is 5.78 Å². The highest BCUT2D eigenvalue weighted by Gasteiger charge is 2.57. The van der Waals surface area contributed by atoms with Crippen LogP contribution in [0.15, 0.2) is 11.6 Å². The van der Waals surface area contributed by atoms with Crippen LogP contribution in [0.2, 0.25) is 0 Å². The van der Waals surface area contributed by atoms with Crippen LogP contribution in [-0.4, -0.2) is 5.78 Å². The van der Waals surface area contributed by atoms with E-state index in [0.717, 1.165) is 6.42 Å². The molecule has 0 unspecified atom stereocenters. The zero-order valence-corrected chi connectivity index (χ0v) is 7.35. The summed E-state index contributed by atoms with van der Waals surface area (Å²) in [5.74, 6) is 1.37. The minimum atomic E-state index is -0.0288. The lowest BCUT2D eigenvalue weighted by atomic mass is 9.54. The summed E-state index contributed by atoms with van der Waals surface area (Å²) in [6, 6.07) is 0. The van der Waals surface area contributed by atoms with Crippen LogP contribution in [0.3, 0.4) is 0 Å². The first-order valence-electron chi connectivity index (χ1n) is 4.26. The number of allylic oxidation sites excluding steroid dienone is 2. The summed E-state index contributed by atoms with van der Waals surface area (Å²) in [4.78, 5) is 11.5. The SMILES string of the molecule is CC1=CC[C@H]2[C@@H]1C(=O)C2(C)C. The summed E-state index contributed by atoms with van der Waals surface area (Å²) in [7, 11) is 0. The molecule has 1 saturated carbocycles. The maximum Gasteiger partial charge on any atom is 0.146 e. The largest absolute Gasteiger partial charge is 0.298 e. The van der Waals surface area contributed by atoms with E-state index in [1.807, 2.05) is 0 Å². The van der Waals surface area contributed by atoms with Crippen molar-refractivity contribution in [2.24, 2.45) is 17.3 Å². The third-order valence-electron chi connectivity index (χ3n) is 3.43. The minimum absolute atomic E-state index is 0.0288. The molecule has 1 fully saturated rings. The Labute approximate surface area is 67.5 Å². The van der Waals surface area contributed by atoms with Crippen LogP contribution < -0.4 is 0 Å². The topological polar surface area (TPSA) is 17.1 Å². The van der Waals surface area contributed by atoms with Crippen molar-refractivity contribution in [1.82, 2.24) is 0 Å². The van der Waals surface area contributed by atoms with Crippen molar-refractivity contribution in [2.45, 2.75) is 27.2 Å². The molecule has 0 aliphatic heterocycles. The molecule has 11 heavy (non-hydrogen) atoms. The van der Waals surface area contributed by atoms with Gasteiger partial charge in [0.05, 0.1) is 0 Å². The molecular weight excluding hydrogens is 136 g/mol. The Morgan fingerprint density at radius 1 is 1.55 bits per heavy atom. The number of ketones is 1. The predicted octanol–water partition coefficient (Wildman–Crippen LogP) is 2.18. The first kappa shape index (κ1) is 7.08. The normalized spacial score (nSPS) is 39.5. The highest BCUT2D eigenvalue weighted by Crippen LogP contribution is 2.55. The van der Waals surface area contributed by atoms with Crippen LogP contribution in [0.1, 0.15) is 27.2 Å². The molecule has 2 aliphatic rings. The quantitative estimate of drug-likeness (QED) is 0.484. The molecule has 0 saturated heterocycles. The van der Waals surface area contributed by atoms with Gasteiger partial charge < -0.3 is 0 Å². The van der Waals surface area contributed by atoms with Gasteiger partial charge in [0.2, 0.25) is 0 Å². The molecule has 0 spiro atoms. The summed E-state index contributed by atoms with van der Waals surface area (Å²) in [6.45, 7) is 6.23. The number of Topliss-reactive ketones (excluding diaryl/α,β-unsaturated/α-hetero) is 1. The Hall–Kier alpha value is -0.590. The zero-order chi connectivity index (χ0) is 8.22. The molecule has 0 aromatic carbocycles. The zero-order valence-electron chi connectivity index (χ0n) is 7.35. The van der Waals surface area contributed by atoms with Gasteiger partial charge in [-0.25, -0.2) is 0 Å². The van der Waals surface area contributed by atoms with Gasteiger partial charge in [0, 0.05) is 11.3 Å². The van der Waals surface area contributed by atoms with Crippen LogP contribution in [0.4, 0.5) is 0 Å². The molecule has 0 amide bonds. The Bertz CT molecular complexity index is 248. The number of carbonyl (C=O) groups excluding carboxylic acids is 1. The second-order valence-electron chi connectivity index (χ2n) is 4.35. The lowest BCUT2D eigenvalue weighted by Gasteiger charge is -2.46. The van der Waals surface area contributed by atoms with Crippen molar-refractivity contribution in [3.8, 4) is 0 Å². The lowest BCUT2D eigenvalue weighted by Crippen LogP contribution is -2.52. The average molecular weight is 150 g/mol. The summed E-state index contributed by atoms with van der Waals surface area (Å²) in [5.41, 5.74) is 1.28. The molecule has 2 aliphatic carbocycles. The molecule has 2 atom stereocenters. The van der Waals surface area contributed by atoms with Crippen LogP contribution >= 0.6 is 0 Å². The monoisotopic (exact) mass is 150 g/mol. The van der Waals surface area contributed by atoms with Gasteiger partial charge >= 0.3 is 0 Å². The van der Waals surface area contributed by atoms with Crippen molar-refractivity contribution in [2.75, 3.05) is 0 Å². The van der Waals surface area contributed by atoms with Crippen molar-refractivity contribution in [1.29, 1.82) is 0 Å². The van der Waals surface area contributed by atoms with E-state index < -0.39 is 0 Å². The van der Waals surface area contributed by atoms with Gasteiger partial charge in [0.25, 0.3) is 0 Å². The summed E-state index contributed by atoms with van der Waals surface area (Å²) in [6.07, 6.45) is 3.34. The van der Waals surface area contributed by atoms with Crippen molar-refractivity contribution in [3.05, 3.63) is 11.6 Å². The van der Waals surface area contributed by atoms with Crippen LogP contribution in [0.5, 0.6) is 0 Å². The van der Waals surface area contributed by atoms with E-state index in [0.29, 0.717) is 17.6 Å². The Morgan fingerprint density at radius 2 is 2.18 bits per heavy atom. The first-order chi connectivity index (χ1) is 5.05. The van der Waals surface area contributed by atoms with E-state index in [-0.39, 0.29) is 5.41 Å². The molecule has 0 bridgehead atoms. The number of rotatable bonds is 0. The highest BCUT2D eigenvalue weighted by atomic mass is 16.1. The van der Waals surface area contributed by atoms with Crippen molar-refractivity contribution < 1.29 is 4.79 Å². The number of fused-ring (bicyclic) bond motifs is 1. The fourth-order valence-electron chi connectivity index (χ4n) is 2.48. The summed E-state index contributed by atoms with van der Waals surface area (Å²) >= 11 is 0. The van der Waals surface area contributed by atoms with Gasteiger partial charge in [0.15, 0.2) is 0 Å². The van der Waals surface area contributed by atoms with Crippen LogP contribution in [0.25, 0.3) is 0 Å². The lowest BCUT2D eigenvalue weighted by molar-refractivity contribution is -0.148. The molecule has 2 rings (SSSR count). The molecular formula is C10H14O. The molecule has 0 aromatic heterocycles. The van der Waals surface area contributed by atoms with Crippen LogP contribution in [0, 0.1) is 17.3 Å². The maximum absolute atomic E-state index is 11.5. The smallest absolute Gasteiger partial charge is 0.146 e. The van der Waals surface area contributed by atoms with E-state index in [4.69, 9.17) is 0 Å². The third kappa shape index (κ3) is 0.640. The molecule has 60 valence electrons. The number of hydrogen-bond donors (Lipinski definition) is 0. The van der Waals surface area contributed by atoms with Gasteiger partial charge in [-0.3, -0.25) is 4.79 Å². The van der Waals surface area contributed by atoms with Gasteiger partial charge in [0.1, 0.15) is 5.78 Å². The second kappa shape index (κ2) is 1.77. The predicted molar refractivity (Wildman–Crippen MR) is 44.1 cm³/mol. The third-order valence-corrected chi connectivity index (χ3v) is 3.43. The van der Waals surface area contributed by atoms with E-state index in [1.54, 1.807) is 0 Å². The van der Waals surface area contributed by atoms with Gasteiger partial charge in [-0.05, 0) is 19.3 Å². The summed E-state index contributed by atoms with van der Waals surface area (Å²) in [5, 5.41) is 0. The minimum Gasteiger partial charge on any atom is -0.298 e. The fourth-order valence-corrected chi connectivity index (χ4v) is 2.48. The maximum atomic E-state index is 11.5. The molecule has 1 nitrogen and oxygen atoms in total. The first-order valence-corrected chi connectivity index (χ1v) is 4.26. The van der Waals surface area contributed by atoms with E-state index in [1.165, 1.54) is 5.57 Å². The van der Waals surface area contributed by atoms with Gasteiger partial charge in [-0.1, -0.05) is 25.5 Å². The number of hydrogen-bond acceptors (Lipinski definition) is 1. The Kier molecular flexibility index (Phi) is 1.14. The van der Waals surface area contributed by atoms with Gasteiger partial charge in [-0.2, -0.15) is 0 Å². The molecule has 0 N–H and O–H groups in total. The Morgan fingerprint density at radius 3 is 2.73 bits per heavy atom. The van der Waals surface area contributed by atoms with Crippen LogP contribution in [-0.2, 0) is 4.79 Å². The number of carbonyl (C=O) groups is 1. The Balaban J connectivity index is 2.29. The summed E-state index contributed by atoms with van der Waals surface area (Å²) < 4.78 is 0. The molecule has 0 aromatic rings. The average Bonchev–Trinajstić information content (AvgIpc) is 2.29. The van der Waals surface area contributed by atoms with E-state index >= 15 is 0 Å². The van der Waals surface area contributed by atoms with Gasteiger partial charge in [-0.15, -0.1) is 0 Å². The fraction of sp³-hybridized carbons (Fsp3) is 0.700.